The number of rotatable bonds is 6. The summed E-state index contributed by atoms with van der Waals surface area (Å²) in [6, 6.07) is 8.73. The minimum atomic E-state index is -0.928. The van der Waals surface area contributed by atoms with Crippen LogP contribution in [0.15, 0.2) is 30.3 Å². The van der Waals surface area contributed by atoms with E-state index < -0.39 is 12.4 Å². The van der Waals surface area contributed by atoms with Crippen LogP contribution in [0.25, 0.3) is 0 Å². The predicted octanol–water partition coefficient (Wildman–Crippen LogP) is 2.20. The number of ether oxygens (including phenoxy) is 3. The van der Waals surface area contributed by atoms with E-state index in [9.17, 15) is 4.79 Å². The van der Waals surface area contributed by atoms with E-state index in [0.717, 1.165) is 0 Å². The summed E-state index contributed by atoms with van der Waals surface area (Å²) < 4.78 is 15.3. The number of benzene rings is 1. The van der Waals surface area contributed by atoms with E-state index in [4.69, 9.17) is 14.2 Å². The number of hydrogen-bond acceptors (Lipinski definition) is 4. The first kappa shape index (κ1) is 12.7. The van der Waals surface area contributed by atoms with Crippen LogP contribution in [0.3, 0.4) is 0 Å². The summed E-state index contributed by atoms with van der Waals surface area (Å²) in [6.07, 6.45) is 0. The predicted molar refractivity (Wildman–Crippen MR) is 58.9 cm³/mol. The van der Waals surface area contributed by atoms with E-state index in [0.29, 0.717) is 18.8 Å². The van der Waals surface area contributed by atoms with E-state index in [1.54, 1.807) is 24.3 Å². The van der Waals surface area contributed by atoms with Crippen LogP contribution >= 0.6 is 0 Å². The van der Waals surface area contributed by atoms with E-state index in [-0.39, 0.29) is 0 Å². The molecule has 0 fully saturated rings. The molecule has 1 rings (SSSR count). The van der Waals surface area contributed by atoms with Crippen LogP contribution in [0.5, 0.6) is 0 Å². The summed E-state index contributed by atoms with van der Waals surface area (Å²) in [7, 11) is 0. The van der Waals surface area contributed by atoms with Gasteiger partial charge in [0.1, 0.15) is 0 Å². The van der Waals surface area contributed by atoms with Gasteiger partial charge in [-0.1, -0.05) is 18.2 Å². The average molecular weight is 224 g/mol. The van der Waals surface area contributed by atoms with Gasteiger partial charge in [-0.2, -0.15) is 0 Å². The van der Waals surface area contributed by atoms with Gasteiger partial charge >= 0.3 is 12.4 Å². The summed E-state index contributed by atoms with van der Waals surface area (Å²) >= 11 is 0. The molecule has 0 saturated carbocycles. The Labute approximate surface area is 95.1 Å². The fourth-order valence-electron chi connectivity index (χ4n) is 1.12. The largest absolute Gasteiger partial charge is 0.407 e. The molecule has 0 radical (unpaired) electrons. The van der Waals surface area contributed by atoms with E-state index in [1.807, 2.05) is 19.9 Å². The summed E-state index contributed by atoms with van der Waals surface area (Å²) in [6.45, 7) is 3.53. The van der Waals surface area contributed by atoms with Crippen molar-refractivity contribution in [1.29, 1.82) is 0 Å². The molecule has 0 N–H and O–H groups in total. The van der Waals surface area contributed by atoms with Gasteiger partial charge in [0.05, 0.1) is 18.8 Å². The molecule has 88 valence electrons. The Morgan fingerprint density at radius 1 is 1.12 bits per heavy atom. The second kappa shape index (κ2) is 6.98. The fourth-order valence-corrected chi connectivity index (χ4v) is 1.12. The molecule has 0 saturated heterocycles. The highest BCUT2D eigenvalue weighted by Gasteiger charge is 2.15. The Kier molecular flexibility index (Phi) is 5.53. The molecule has 1 aromatic carbocycles. The fraction of sp³-hybridized carbons (Fsp3) is 0.417. The Hall–Kier alpha value is -1.39. The average Bonchev–Trinajstić information content (AvgIpc) is 2.31. The minimum absolute atomic E-state index is 0.423. The van der Waals surface area contributed by atoms with E-state index in [1.165, 1.54) is 0 Å². The highest BCUT2D eigenvalue weighted by molar-refractivity contribution is 5.89. The van der Waals surface area contributed by atoms with Crippen molar-refractivity contribution in [2.45, 2.75) is 20.3 Å². The van der Waals surface area contributed by atoms with Crippen molar-refractivity contribution in [2.24, 2.45) is 0 Å². The molecule has 16 heavy (non-hydrogen) atoms. The van der Waals surface area contributed by atoms with E-state index >= 15 is 0 Å². The van der Waals surface area contributed by atoms with Gasteiger partial charge < -0.3 is 14.2 Å². The van der Waals surface area contributed by atoms with Gasteiger partial charge in [-0.05, 0) is 26.0 Å². The Morgan fingerprint density at radius 2 is 1.69 bits per heavy atom. The summed E-state index contributed by atoms with van der Waals surface area (Å²) in [5, 5.41) is 0. The molecule has 1 aromatic rings. The normalized spacial score (nSPS) is 10.4. The van der Waals surface area contributed by atoms with Crippen LogP contribution in [-0.4, -0.2) is 25.7 Å². The third-order valence-electron chi connectivity index (χ3n) is 1.82. The zero-order chi connectivity index (χ0) is 11.8. The van der Waals surface area contributed by atoms with Gasteiger partial charge in [0.25, 0.3) is 0 Å². The molecule has 0 aliphatic rings. The maximum absolute atomic E-state index is 11.6. The van der Waals surface area contributed by atoms with Gasteiger partial charge in [0, 0.05) is 0 Å². The molecule has 0 atom stereocenters. The molecule has 0 aliphatic carbocycles. The second-order valence-electron chi connectivity index (χ2n) is 2.97. The lowest BCUT2D eigenvalue weighted by Crippen LogP contribution is -2.24. The zero-order valence-electron chi connectivity index (χ0n) is 9.51. The van der Waals surface area contributed by atoms with Crippen molar-refractivity contribution in [3.05, 3.63) is 35.9 Å². The highest BCUT2D eigenvalue weighted by atomic mass is 16.9. The molecule has 0 unspecified atom stereocenters. The summed E-state index contributed by atoms with van der Waals surface area (Å²) in [5.74, 6) is -0.451. The summed E-state index contributed by atoms with van der Waals surface area (Å²) in [4.78, 5) is 11.6. The highest BCUT2D eigenvalue weighted by Crippen LogP contribution is 2.05. The smallest absolute Gasteiger partial charge is 0.342 e. The SMILES string of the molecule is CCOC(OCC)OC(=O)c1ccccc1. The molecule has 4 heteroatoms. The number of hydrogen-bond donors (Lipinski definition) is 0. The first-order valence-corrected chi connectivity index (χ1v) is 5.27. The van der Waals surface area contributed by atoms with Gasteiger partial charge in [0.2, 0.25) is 0 Å². The number of esters is 1. The molecule has 0 spiro atoms. The minimum Gasteiger partial charge on any atom is -0.407 e. The summed E-state index contributed by atoms with van der Waals surface area (Å²) in [5.41, 5.74) is 0.479. The van der Waals surface area contributed by atoms with Gasteiger partial charge in [-0.3, -0.25) is 0 Å². The van der Waals surface area contributed by atoms with Crippen molar-refractivity contribution in [2.75, 3.05) is 13.2 Å². The molecular formula is C12H16O4. The van der Waals surface area contributed by atoms with Gasteiger partial charge in [-0.15, -0.1) is 0 Å². The van der Waals surface area contributed by atoms with Crippen LogP contribution in [-0.2, 0) is 14.2 Å². The Bertz CT molecular complexity index is 304. The lowest BCUT2D eigenvalue weighted by atomic mass is 10.2. The van der Waals surface area contributed by atoms with Crippen LogP contribution in [0, 0.1) is 0 Å². The lowest BCUT2D eigenvalue weighted by molar-refractivity contribution is -0.257. The molecule has 0 aliphatic heterocycles. The number of carbonyl (C=O) groups excluding carboxylic acids is 1. The van der Waals surface area contributed by atoms with E-state index in [2.05, 4.69) is 0 Å². The van der Waals surface area contributed by atoms with Crippen molar-refractivity contribution in [1.82, 2.24) is 0 Å². The first-order chi connectivity index (χ1) is 7.77. The standard InChI is InChI=1S/C12H16O4/c1-3-14-12(15-4-2)16-11(13)10-8-6-5-7-9-10/h5-9,12H,3-4H2,1-2H3. The van der Waals surface area contributed by atoms with Gasteiger partial charge in [0.15, 0.2) is 0 Å². The maximum Gasteiger partial charge on any atom is 0.342 e. The van der Waals surface area contributed by atoms with Crippen LogP contribution in [0.2, 0.25) is 0 Å². The molecule has 0 aromatic heterocycles. The Balaban J connectivity index is 2.54. The maximum atomic E-state index is 11.6. The topological polar surface area (TPSA) is 44.8 Å². The van der Waals surface area contributed by atoms with Crippen molar-refractivity contribution in [3.8, 4) is 0 Å². The molecule has 0 heterocycles. The third kappa shape index (κ3) is 4.00. The van der Waals surface area contributed by atoms with Crippen LogP contribution < -0.4 is 0 Å². The third-order valence-corrected chi connectivity index (χ3v) is 1.82. The molecule has 0 amide bonds. The molecule has 4 nitrogen and oxygen atoms in total. The monoisotopic (exact) mass is 224 g/mol. The zero-order valence-corrected chi connectivity index (χ0v) is 9.51. The lowest BCUT2D eigenvalue weighted by Gasteiger charge is -2.16. The number of carbonyl (C=O) groups is 1. The second-order valence-corrected chi connectivity index (χ2v) is 2.97. The quantitative estimate of drug-likeness (QED) is 0.549. The van der Waals surface area contributed by atoms with Crippen molar-refractivity contribution >= 4 is 5.97 Å². The Morgan fingerprint density at radius 3 is 2.19 bits per heavy atom. The van der Waals surface area contributed by atoms with Crippen molar-refractivity contribution in [3.63, 3.8) is 0 Å². The molecular weight excluding hydrogens is 208 g/mol. The molecule has 0 bridgehead atoms. The van der Waals surface area contributed by atoms with Crippen molar-refractivity contribution < 1.29 is 19.0 Å². The first-order valence-electron chi connectivity index (χ1n) is 5.27. The van der Waals surface area contributed by atoms with Crippen LogP contribution in [0.1, 0.15) is 24.2 Å². The van der Waals surface area contributed by atoms with Crippen LogP contribution in [0.4, 0.5) is 0 Å². The van der Waals surface area contributed by atoms with Gasteiger partial charge in [-0.25, -0.2) is 4.79 Å².